The quantitative estimate of drug-likeness (QED) is 0.0284. The lowest BCUT2D eigenvalue weighted by Gasteiger charge is -2.18. The number of rotatable bonds is 37. The molecule has 0 saturated carbocycles. The van der Waals surface area contributed by atoms with Gasteiger partial charge >= 0.3 is 19.8 Å². The van der Waals surface area contributed by atoms with Crippen molar-refractivity contribution in [3.8, 4) is 0 Å². The minimum Gasteiger partial charge on any atom is -0.462 e. The molecule has 1 atom stereocenters. The Bertz CT molecular complexity index is 825. The third-order valence-corrected chi connectivity index (χ3v) is 9.07. The van der Waals surface area contributed by atoms with Gasteiger partial charge < -0.3 is 19.3 Å². The van der Waals surface area contributed by atoms with Crippen molar-refractivity contribution in [3.05, 3.63) is 24.8 Å². The molecule has 0 aliphatic rings. The van der Waals surface area contributed by atoms with Crippen LogP contribution in [0.1, 0.15) is 193 Å². The van der Waals surface area contributed by atoms with Crippen LogP contribution in [0.5, 0.6) is 0 Å². The van der Waals surface area contributed by atoms with Gasteiger partial charge in [0, 0.05) is 12.8 Å². The van der Waals surface area contributed by atoms with Crippen LogP contribution in [0.15, 0.2) is 24.8 Å². The molecule has 0 rings (SSSR count). The highest BCUT2D eigenvalue weighted by Gasteiger charge is 2.22. The van der Waals surface area contributed by atoms with Gasteiger partial charge in [-0.3, -0.25) is 14.1 Å². The fraction of sp³-hybridized carbons (Fsp3) is 0.846. The van der Waals surface area contributed by atoms with Gasteiger partial charge in [-0.25, -0.2) is 4.57 Å². The van der Waals surface area contributed by atoms with Crippen LogP contribution in [0.3, 0.4) is 0 Å². The molecule has 2 N–H and O–H groups in total. The van der Waals surface area contributed by atoms with Gasteiger partial charge in [0.25, 0.3) is 0 Å². The molecule has 0 amide bonds. The lowest BCUT2D eigenvalue weighted by Crippen LogP contribution is -2.29. The van der Waals surface area contributed by atoms with E-state index < -0.39 is 32.5 Å². The van der Waals surface area contributed by atoms with Gasteiger partial charge in [-0.15, -0.1) is 6.58 Å². The van der Waals surface area contributed by atoms with Crippen molar-refractivity contribution >= 4 is 19.8 Å². The molecular weight excluding hydrogens is 627 g/mol. The summed E-state index contributed by atoms with van der Waals surface area (Å²) in [6.07, 6.45) is 37.9. The van der Waals surface area contributed by atoms with E-state index >= 15 is 0 Å². The van der Waals surface area contributed by atoms with Gasteiger partial charge in [0.15, 0.2) is 6.10 Å². The highest BCUT2D eigenvalue weighted by molar-refractivity contribution is 7.46. The van der Waals surface area contributed by atoms with Crippen LogP contribution in [-0.4, -0.2) is 41.0 Å². The summed E-state index contributed by atoms with van der Waals surface area (Å²) in [5.74, 6) is -0.885. The molecule has 48 heavy (non-hydrogen) atoms. The number of ether oxygens (including phenoxy) is 2. The zero-order chi connectivity index (χ0) is 35.4. The highest BCUT2D eigenvalue weighted by Crippen LogP contribution is 2.36. The molecule has 0 aromatic heterocycles. The lowest BCUT2D eigenvalue weighted by molar-refractivity contribution is -0.161. The predicted molar refractivity (Wildman–Crippen MR) is 198 cm³/mol. The van der Waals surface area contributed by atoms with Crippen LogP contribution >= 0.6 is 7.82 Å². The monoisotopic (exact) mass is 701 g/mol. The van der Waals surface area contributed by atoms with Gasteiger partial charge in [-0.2, -0.15) is 0 Å². The van der Waals surface area contributed by atoms with Gasteiger partial charge in [-0.05, 0) is 44.9 Å². The van der Waals surface area contributed by atoms with Crippen molar-refractivity contribution in [2.75, 3.05) is 13.2 Å². The van der Waals surface area contributed by atoms with Gasteiger partial charge in [0.05, 0.1) is 6.61 Å². The van der Waals surface area contributed by atoms with Crippen molar-refractivity contribution in [1.29, 1.82) is 0 Å². The fourth-order valence-corrected chi connectivity index (χ4v) is 5.99. The summed E-state index contributed by atoms with van der Waals surface area (Å²) in [6, 6.07) is 0. The van der Waals surface area contributed by atoms with E-state index in [1.165, 1.54) is 122 Å². The Labute approximate surface area is 294 Å². The number of carbonyl (C=O) groups excluding carboxylic acids is 2. The largest absolute Gasteiger partial charge is 0.469 e. The van der Waals surface area contributed by atoms with Gasteiger partial charge in [0.1, 0.15) is 6.61 Å². The number of phosphoric acid groups is 1. The van der Waals surface area contributed by atoms with Crippen molar-refractivity contribution in [2.45, 2.75) is 199 Å². The highest BCUT2D eigenvalue weighted by atomic mass is 31.2. The van der Waals surface area contributed by atoms with Crippen LogP contribution in [0, 0.1) is 0 Å². The second-order valence-corrected chi connectivity index (χ2v) is 14.6. The second kappa shape index (κ2) is 35.4. The van der Waals surface area contributed by atoms with Crippen molar-refractivity contribution in [1.82, 2.24) is 0 Å². The molecule has 0 fully saturated rings. The van der Waals surface area contributed by atoms with Crippen molar-refractivity contribution in [3.63, 3.8) is 0 Å². The van der Waals surface area contributed by atoms with Crippen LogP contribution in [0.25, 0.3) is 0 Å². The van der Waals surface area contributed by atoms with E-state index in [0.29, 0.717) is 6.42 Å². The Hall–Kier alpha value is -1.47. The SMILES string of the molecule is C=CCCCCCCCCCCCCCCCC(=O)OC[C@H](COP(=O)(O)O)OC(=O)CCCCCCCCCCC/C=C/CCCC. The fourth-order valence-electron chi connectivity index (χ4n) is 5.63. The maximum Gasteiger partial charge on any atom is 0.469 e. The Morgan fingerprint density at radius 2 is 0.979 bits per heavy atom. The van der Waals surface area contributed by atoms with Gasteiger partial charge in [-0.1, -0.05) is 154 Å². The first kappa shape index (κ1) is 46.5. The van der Waals surface area contributed by atoms with E-state index in [1.54, 1.807) is 0 Å². The van der Waals surface area contributed by atoms with Crippen LogP contribution in [-0.2, 0) is 28.2 Å². The minimum atomic E-state index is -4.75. The van der Waals surface area contributed by atoms with Crippen LogP contribution in [0.4, 0.5) is 0 Å². The first-order valence-corrected chi connectivity index (χ1v) is 21.1. The summed E-state index contributed by atoms with van der Waals surface area (Å²) in [5.41, 5.74) is 0. The summed E-state index contributed by atoms with van der Waals surface area (Å²) in [6.45, 7) is 5.17. The molecule has 0 spiro atoms. The molecule has 0 aromatic rings. The van der Waals surface area contributed by atoms with E-state index in [9.17, 15) is 14.2 Å². The summed E-state index contributed by atoms with van der Waals surface area (Å²) in [5, 5.41) is 0. The minimum absolute atomic E-state index is 0.211. The van der Waals surface area contributed by atoms with Crippen molar-refractivity contribution < 1.29 is 37.9 Å². The van der Waals surface area contributed by atoms with Crippen LogP contribution < -0.4 is 0 Å². The Kier molecular flexibility index (Phi) is 34.3. The average Bonchev–Trinajstić information content (AvgIpc) is 3.05. The normalized spacial score (nSPS) is 12.4. The van der Waals surface area contributed by atoms with E-state index in [1.807, 2.05) is 6.08 Å². The summed E-state index contributed by atoms with van der Waals surface area (Å²) in [7, 11) is -4.75. The first-order chi connectivity index (χ1) is 23.3. The number of hydrogen-bond acceptors (Lipinski definition) is 6. The molecule has 0 heterocycles. The summed E-state index contributed by atoms with van der Waals surface area (Å²) in [4.78, 5) is 42.7. The third kappa shape index (κ3) is 37.4. The molecule has 0 aliphatic heterocycles. The standard InChI is InChI=1S/C39H73O8P/c1-3-5-7-9-11-13-15-17-19-21-23-25-27-29-31-33-38(40)45-35-37(36-46-48(42,43)44)47-39(41)34-32-30-28-26-24-22-20-18-16-14-12-10-8-6-4-2/h3,10,12,37H,1,4-9,11,13-36H2,2H3,(H2,42,43,44)/b12-10+/t37-/m1/s1. The number of carbonyl (C=O) groups is 2. The summed E-state index contributed by atoms with van der Waals surface area (Å²) < 4.78 is 26.3. The number of hydrogen-bond donors (Lipinski definition) is 2. The second-order valence-electron chi connectivity index (χ2n) is 13.3. The number of esters is 2. The molecule has 0 aromatic carbocycles. The van der Waals surface area contributed by atoms with E-state index in [2.05, 4.69) is 30.2 Å². The van der Waals surface area contributed by atoms with E-state index in [0.717, 1.165) is 44.9 Å². The molecule has 282 valence electrons. The molecule has 0 radical (unpaired) electrons. The third-order valence-electron chi connectivity index (χ3n) is 8.59. The maximum atomic E-state index is 12.4. The molecule has 0 aliphatic carbocycles. The average molecular weight is 701 g/mol. The number of allylic oxidation sites excluding steroid dienone is 3. The molecule has 8 nitrogen and oxygen atoms in total. The molecule has 9 heteroatoms. The Morgan fingerprint density at radius 3 is 1.42 bits per heavy atom. The Balaban J connectivity index is 3.91. The first-order valence-electron chi connectivity index (χ1n) is 19.6. The molecule has 0 saturated heterocycles. The zero-order valence-electron chi connectivity index (χ0n) is 30.7. The van der Waals surface area contributed by atoms with Gasteiger partial charge in [0.2, 0.25) is 0 Å². The maximum absolute atomic E-state index is 12.4. The smallest absolute Gasteiger partial charge is 0.462 e. The van der Waals surface area contributed by atoms with Crippen molar-refractivity contribution in [2.24, 2.45) is 0 Å². The summed E-state index contributed by atoms with van der Waals surface area (Å²) >= 11 is 0. The number of unbranched alkanes of at least 4 members (excludes halogenated alkanes) is 24. The predicted octanol–water partition coefficient (Wildman–Crippen LogP) is 11.6. The molecular formula is C39H73O8P. The van der Waals surface area contributed by atoms with E-state index in [-0.39, 0.29) is 19.4 Å². The lowest BCUT2D eigenvalue weighted by atomic mass is 10.0. The molecule has 0 bridgehead atoms. The number of phosphoric ester groups is 1. The Morgan fingerprint density at radius 1 is 0.583 bits per heavy atom. The molecule has 0 unspecified atom stereocenters. The van der Waals surface area contributed by atoms with E-state index in [4.69, 9.17) is 19.3 Å². The topological polar surface area (TPSA) is 119 Å². The zero-order valence-corrected chi connectivity index (χ0v) is 31.6. The van der Waals surface area contributed by atoms with Crippen LogP contribution in [0.2, 0.25) is 0 Å².